The Morgan fingerprint density at radius 2 is 2.13 bits per heavy atom. The highest BCUT2D eigenvalue weighted by Gasteiger charge is 2.36. The number of hydrogen-bond acceptors (Lipinski definition) is 4. The Morgan fingerprint density at radius 1 is 1.35 bits per heavy atom. The normalized spacial score (nSPS) is 17.1. The van der Waals surface area contributed by atoms with Crippen molar-refractivity contribution < 1.29 is 19.4 Å². The van der Waals surface area contributed by atoms with Gasteiger partial charge in [0.2, 0.25) is 0 Å². The Morgan fingerprint density at radius 3 is 2.83 bits per heavy atom. The molecule has 2 aromatic rings. The lowest BCUT2D eigenvalue weighted by atomic mass is 10.0. The fourth-order valence-corrected chi connectivity index (χ4v) is 2.67. The fraction of sp³-hybridized carbons (Fsp3) is 0.312. The standard InChI is InChI=1S/C16H17N3O4/c1-2-18-8-7-12(17-18)15(20)19-9-10-23-13-6-4-3-5-11(13)14(19)16(21)22/h3-8,14H,2,9-10H2,1H3,(H,21,22). The van der Waals surface area contributed by atoms with Crippen LogP contribution in [0.5, 0.6) is 5.75 Å². The first-order valence-corrected chi connectivity index (χ1v) is 7.40. The van der Waals surface area contributed by atoms with Gasteiger partial charge in [-0.25, -0.2) is 4.79 Å². The van der Waals surface area contributed by atoms with E-state index in [4.69, 9.17) is 4.74 Å². The minimum Gasteiger partial charge on any atom is -0.491 e. The number of para-hydroxylation sites is 1. The molecule has 1 aliphatic rings. The van der Waals surface area contributed by atoms with Gasteiger partial charge in [0.1, 0.15) is 18.1 Å². The molecule has 2 heterocycles. The second-order valence-electron chi connectivity index (χ2n) is 5.18. The van der Waals surface area contributed by atoms with Crippen molar-refractivity contribution in [3.05, 3.63) is 47.8 Å². The van der Waals surface area contributed by atoms with Crippen LogP contribution in [0.4, 0.5) is 0 Å². The van der Waals surface area contributed by atoms with Gasteiger partial charge in [0, 0.05) is 18.3 Å². The Bertz CT molecular complexity index is 740. The first-order chi connectivity index (χ1) is 11.1. The maximum Gasteiger partial charge on any atom is 0.331 e. The number of aliphatic carboxylic acids is 1. The van der Waals surface area contributed by atoms with Gasteiger partial charge in [-0.1, -0.05) is 18.2 Å². The number of benzene rings is 1. The molecular formula is C16H17N3O4. The van der Waals surface area contributed by atoms with Gasteiger partial charge in [0.15, 0.2) is 6.04 Å². The molecule has 3 rings (SSSR count). The Kier molecular flexibility index (Phi) is 4.01. The number of nitrogens with zero attached hydrogens (tertiary/aromatic N) is 3. The molecule has 1 aliphatic heterocycles. The van der Waals surface area contributed by atoms with Crippen molar-refractivity contribution in [3.63, 3.8) is 0 Å². The summed E-state index contributed by atoms with van der Waals surface area (Å²) in [5, 5.41) is 13.8. The molecule has 1 amide bonds. The van der Waals surface area contributed by atoms with Crippen molar-refractivity contribution in [1.29, 1.82) is 0 Å². The number of carboxylic acid groups (broad SMARTS) is 1. The summed E-state index contributed by atoms with van der Waals surface area (Å²) in [5.41, 5.74) is 0.707. The highest BCUT2D eigenvalue weighted by molar-refractivity contribution is 5.95. The molecule has 0 saturated carbocycles. The van der Waals surface area contributed by atoms with E-state index in [9.17, 15) is 14.7 Å². The molecule has 0 spiro atoms. The van der Waals surface area contributed by atoms with E-state index in [0.29, 0.717) is 17.9 Å². The molecule has 0 fully saturated rings. The number of rotatable bonds is 3. The van der Waals surface area contributed by atoms with E-state index in [1.807, 2.05) is 6.92 Å². The predicted octanol–water partition coefficient (Wildman–Crippen LogP) is 1.56. The van der Waals surface area contributed by atoms with Crippen molar-refractivity contribution in [1.82, 2.24) is 14.7 Å². The first-order valence-electron chi connectivity index (χ1n) is 7.40. The van der Waals surface area contributed by atoms with Gasteiger partial charge >= 0.3 is 5.97 Å². The second-order valence-corrected chi connectivity index (χ2v) is 5.18. The SMILES string of the molecule is CCn1ccc(C(=O)N2CCOc3ccccc3C2C(=O)O)n1. The molecule has 1 atom stereocenters. The molecule has 1 aromatic carbocycles. The number of fused-ring (bicyclic) bond motifs is 1. The molecule has 23 heavy (non-hydrogen) atoms. The molecule has 7 nitrogen and oxygen atoms in total. The van der Waals surface area contributed by atoms with E-state index in [-0.39, 0.29) is 18.8 Å². The average Bonchev–Trinajstić information content (AvgIpc) is 2.94. The van der Waals surface area contributed by atoms with Gasteiger partial charge in [-0.3, -0.25) is 9.48 Å². The van der Waals surface area contributed by atoms with E-state index >= 15 is 0 Å². The highest BCUT2D eigenvalue weighted by atomic mass is 16.5. The zero-order valence-electron chi connectivity index (χ0n) is 12.7. The van der Waals surface area contributed by atoms with Crippen molar-refractivity contribution in [2.24, 2.45) is 0 Å². The van der Waals surface area contributed by atoms with Gasteiger partial charge < -0.3 is 14.7 Å². The molecule has 0 aliphatic carbocycles. The minimum atomic E-state index is -1.09. The topological polar surface area (TPSA) is 84.7 Å². The minimum absolute atomic E-state index is 0.184. The summed E-state index contributed by atoms with van der Waals surface area (Å²) < 4.78 is 7.22. The van der Waals surface area contributed by atoms with Gasteiger partial charge in [-0.05, 0) is 19.1 Å². The van der Waals surface area contributed by atoms with Gasteiger partial charge in [-0.15, -0.1) is 0 Å². The summed E-state index contributed by atoms with van der Waals surface area (Å²) in [5.74, 6) is -1.01. The van der Waals surface area contributed by atoms with Crippen LogP contribution < -0.4 is 4.74 Å². The second kappa shape index (κ2) is 6.12. The lowest BCUT2D eigenvalue weighted by Gasteiger charge is -2.26. The largest absolute Gasteiger partial charge is 0.491 e. The molecular weight excluding hydrogens is 298 g/mol. The number of aromatic nitrogens is 2. The maximum absolute atomic E-state index is 12.7. The first kappa shape index (κ1) is 15.1. The third-order valence-electron chi connectivity index (χ3n) is 3.79. The van der Waals surface area contributed by atoms with Crippen LogP contribution in [-0.2, 0) is 11.3 Å². The van der Waals surface area contributed by atoms with Crippen LogP contribution in [0.2, 0.25) is 0 Å². The summed E-state index contributed by atoms with van der Waals surface area (Å²) in [6, 6.07) is 7.40. The Labute approximate surface area is 133 Å². The van der Waals surface area contributed by atoms with Crippen LogP contribution in [0, 0.1) is 0 Å². The number of amides is 1. The average molecular weight is 315 g/mol. The summed E-state index contributed by atoms with van der Waals surface area (Å²) in [7, 11) is 0. The summed E-state index contributed by atoms with van der Waals surface area (Å²) in [6.07, 6.45) is 1.70. The van der Waals surface area contributed by atoms with Crippen LogP contribution >= 0.6 is 0 Å². The van der Waals surface area contributed by atoms with Crippen LogP contribution in [0.1, 0.15) is 29.0 Å². The molecule has 1 N–H and O–H groups in total. The van der Waals surface area contributed by atoms with Crippen LogP contribution in [0.3, 0.4) is 0 Å². The van der Waals surface area contributed by atoms with E-state index < -0.39 is 17.9 Å². The zero-order valence-corrected chi connectivity index (χ0v) is 12.7. The number of carbonyl (C=O) groups excluding carboxylic acids is 1. The molecule has 7 heteroatoms. The molecule has 1 unspecified atom stereocenters. The smallest absolute Gasteiger partial charge is 0.331 e. The number of ether oxygens (including phenoxy) is 1. The van der Waals surface area contributed by atoms with Crippen LogP contribution in [-0.4, -0.2) is 44.8 Å². The number of aryl methyl sites for hydroxylation is 1. The van der Waals surface area contributed by atoms with Crippen LogP contribution in [0.15, 0.2) is 36.5 Å². The molecule has 120 valence electrons. The zero-order chi connectivity index (χ0) is 16.4. The molecule has 0 radical (unpaired) electrons. The summed E-state index contributed by atoms with van der Waals surface area (Å²) >= 11 is 0. The van der Waals surface area contributed by atoms with Gasteiger partial charge in [0.25, 0.3) is 5.91 Å². The monoisotopic (exact) mass is 315 g/mol. The quantitative estimate of drug-likeness (QED) is 0.929. The fourth-order valence-electron chi connectivity index (χ4n) is 2.67. The summed E-state index contributed by atoms with van der Waals surface area (Å²) in [6.45, 7) is 2.98. The van der Waals surface area contributed by atoms with Crippen molar-refractivity contribution in [2.75, 3.05) is 13.2 Å². The number of hydrogen-bond donors (Lipinski definition) is 1. The maximum atomic E-state index is 12.7. The number of carbonyl (C=O) groups is 2. The Hall–Kier alpha value is -2.83. The Balaban J connectivity index is 2.00. The van der Waals surface area contributed by atoms with Crippen molar-refractivity contribution >= 4 is 11.9 Å². The predicted molar refractivity (Wildman–Crippen MR) is 81.3 cm³/mol. The van der Waals surface area contributed by atoms with Crippen molar-refractivity contribution in [3.8, 4) is 5.75 Å². The lowest BCUT2D eigenvalue weighted by molar-refractivity contribution is -0.142. The van der Waals surface area contributed by atoms with Gasteiger partial charge in [-0.2, -0.15) is 5.10 Å². The van der Waals surface area contributed by atoms with Crippen LogP contribution in [0.25, 0.3) is 0 Å². The number of carboxylic acids is 1. The van der Waals surface area contributed by atoms with E-state index in [2.05, 4.69) is 5.10 Å². The third-order valence-corrected chi connectivity index (χ3v) is 3.79. The van der Waals surface area contributed by atoms with Gasteiger partial charge in [0.05, 0.1) is 6.54 Å². The third kappa shape index (κ3) is 2.77. The van der Waals surface area contributed by atoms with E-state index in [1.165, 1.54) is 4.90 Å². The molecule has 0 bridgehead atoms. The summed E-state index contributed by atoms with van der Waals surface area (Å²) in [4.78, 5) is 25.8. The lowest BCUT2D eigenvalue weighted by Crippen LogP contribution is -2.40. The highest BCUT2D eigenvalue weighted by Crippen LogP contribution is 2.32. The molecule has 1 aromatic heterocycles. The van der Waals surface area contributed by atoms with E-state index in [1.54, 1.807) is 41.2 Å². The van der Waals surface area contributed by atoms with Crippen molar-refractivity contribution in [2.45, 2.75) is 19.5 Å². The molecule has 0 saturated heterocycles. The van der Waals surface area contributed by atoms with E-state index in [0.717, 1.165) is 0 Å².